The highest BCUT2D eigenvalue weighted by Gasteiger charge is 2.36. The fourth-order valence-corrected chi connectivity index (χ4v) is 4.57. The number of aliphatic hydroxyl groups is 1. The number of piperidine rings is 1. The first-order chi connectivity index (χ1) is 15.6. The molecule has 8 heteroatoms. The van der Waals surface area contributed by atoms with E-state index in [4.69, 9.17) is 4.74 Å². The van der Waals surface area contributed by atoms with Crippen LogP contribution in [0.3, 0.4) is 0 Å². The molecule has 2 bridgehead atoms. The van der Waals surface area contributed by atoms with E-state index in [0.717, 1.165) is 32.1 Å². The molecule has 0 saturated carbocycles. The fraction of sp³-hybridized carbons (Fsp3) is 0.500. The molecule has 1 saturated heterocycles. The van der Waals surface area contributed by atoms with E-state index >= 15 is 0 Å². The zero-order chi connectivity index (χ0) is 22.4. The van der Waals surface area contributed by atoms with E-state index in [2.05, 4.69) is 9.97 Å². The second-order valence-electron chi connectivity index (χ2n) is 8.64. The van der Waals surface area contributed by atoms with Crippen LogP contribution >= 0.6 is 0 Å². The van der Waals surface area contributed by atoms with Gasteiger partial charge in [0.05, 0.1) is 12.1 Å². The first-order valence-electron chi connectivity index (χ1n) is 11.3. The minimum atomic E-state index is -0.159. The first kappa shape index (κ1) is 22.2. The monoisotopic (exact) mass is 438 g/mol. The Balaban J connectivity index is 1.57. The topological polar surface area (TPSA) is 95.9 Å². The van der Waals surface area contributed by atoms with Gasteiger partial charge in [-0.15, -0.1) is 0 Å². The standard InChI is InChI=1S/C24H30N4O4/c29-17-24-8-3-4-12-27(23(31)20-7-11-25-18-26-20)15-16-32-21-6-2-1-5-19(21)22(30)28(13-9-24)14-10-24/h1-2,5-7,11,18,29H,3-4,8-10,12-17H2. The quantitative estimate of drug-likeness (QED) is 0.774. The van der Waals surface area contributed by atoms with Crippen molar-refractivity contribution in [3.05, 3.63) is 54.1 Å². The molecule has 1 N–H and O–H groups in total. The highest BCUT2D eigenvalue weighted by Crippen LogP contribution is 2.37. The molecule has 4 heterocycles. The zero-order valence-corrected chi connectivity index (χ0v) is 18.3. The molecule has 0 aliphatic carbocycles. The van der Waals surface area contributed by atoms with E-state index in [1.165, 1.54) is 6.33 Å². The third kappa shape index (κ3) is 4.91. The van der Waals surface area contributed by atoms with E-state index in [0.29, 0.717) is 43.2 Å². The predicted molar refractivity (Wildman–Crippen MR) is 118 cm³/mol. The van der Waals surface area contributed by atoms with Crippen LogP contribution in [0.15, 0.2) is 42.9 Å². The molecule has 0 atom stereocenters. The summed E-state index contributed by atoms with van der Waals surface area (Å²) in [5, 5.41) is 10.1. The van der Waals surface area contributed by atoms with Crippen LogP contribution in [0.2, 0.25) is 0 Å². The summed E-state index contributed by atoms with van der Waals surface area (Å²) in [6.07, 6.45) is 7.11. The minimum Gasteiger partial charge on any atom is -0.491 e. The number of para-hydroxylation sites is 1. The maximum Gasteiger partial charge on any atom is 0.272 e. The van der Waals surface area contributed by atoms with Gasteiger partial charge in [0, 0.05) is 32.4 Å². The summed E-state index contributed by atoms with van der Waals surface area (Å²) in [5.41, 5.74) is 0.730. The number of nitrogens with zero attached hydrogens (tertiary/aromatic N) is 4. The Morgan fingerprint density at radius 2 is 1.88 bits per heavy atom. The van der Waals surface area contributed by atoms with Gasteiger partial charge in [-0.3, -0.25) is 9.59 Å². The average molecular weight is 439 g/mol. The summed E-state index contributed by atoms with van der Waals surface area (Å²) in [4.78, 5) is 37.8. The normalized spacial score (nSPS) is 19.5. The van der Waals surface area contributed by atoms with Gasteiger partial charge in [-0.25, -0.2) is 9.97 Å². The number of aromatic nitrogens is 2. The number of hydrogen-bond donors (Lipinski definition) is 1. The molecule has 0 unspecified atom stereocenters. The van der Waals surface area contributed by atoms with Crippen molar-refractivity contribution in [2.45, 2.75) is 32.1 Å². The number of carbonyl (C=O) groups is 2. The Bertz CT molecular complexity index is 929. The predicted octanol–water partition coefficient (Wildman–Crippen LogP) is 2.40. The van der Waals surface area contributed by atoms with Crippen LogP contribution in [0, 0.1) is 5.41 Å². The Hall–Kier alpha value is -3.00. The zero-order valence-electron chi connectivity index (χ0n) is 18.3. The largest absolute Gasteiger partial charge is 0.491 e. The van der Waals surface area contributed by atoms with Gasteiger partial charge in [-0.1, -0.05) is 18.6 Å². The van der Waals surface area contributed by atoms with Crippen LogP contribution in [0.1, 0.15) is 53.0 Å². The summed E-state index contributed by atoms with van der Waals surface area (Å²) >= 11 is 0. The van der Waals surface area contributed by atoms with Gasteiger partial charge in [0.15, 0.2) is 0 Å². The highest BCUT2D eigenvalue weighted by atomic mass is 16.5. The van der Waals surface area contributed by atoms with Crippen LogP contribution in [0.4, 0.5) is 0 Å². The second kappa shape index (κ2) is 10.1. The van der Waals surface area contributed by atoms with E-state index in [1.54, 1.807) is 29.3 Å². The third-order valence-corrected chi connectivity index (χ3v) is 6.66. The number of fused-ring (bicyclic) bond motifs is 9. The lowest BCUT2D eigenvalue weighted by molar-refractivity contribution is 0.0297. The van der Waals surface area contributed by atoms with Gasteiger partial charge < -0.3 is 19.6 Å². The van der Waals surface area contributed by atoms with E-state index in [9.17, 15) is 14.7 Å². The molecule has 0 spiro atoms. The van der Waals surface area contributed by atoms with Gasteiger partial charge in [0.25, 0.3) is 11.8 Å². The maximum atomic E-state index is 13.2. The summed E-state index contributed by atoms with van der Waals surface area (Å²) in [6, 6.07) is 8.87. The SMILES string of the molecule is O=C(c1ccncn1)N1CCCCC2(CO)CCN(CC2)C(=O)c2ccccc2OCC1. The number of hydrogen-bond acceptors (Lipinski definition) is 6. The van der Waals surface area contributed by atoms with E-state index < -0.39 is 0 Å². The molecule has 2 aromatic rings. The lowest BCUT2D eigenvalue weighted by Crippen LogP contribution is -2.44. The Morgan fingerprint density at radius 1 is 1.06 bits per heavy atom. The number of benzene rings is 1. The minimum absolute atomic E-state index is 0.0454. The van der Waals surface area contributed by atoms with Gasteiger partial charge >= 0.3 is 0 Å². The maximum absolute atomic E-state index is 13.2. The number of ether oxygens (including phenoxy) is 1. The van der Waals surface area contributed by atoms with Crippen molar-refractivity contribution in [3.63, 3.8) is 0 Å². The van der Waals surface area contributed by atoms with Crippen molar-refractivity contribution in [2.75, 3.05) is 39.4 Å². The van der Waals surface area contributed by atoms with Crippen LogP contribution in [-0.2, 0) is 0 Å². The smallest absolute Gasteiger partial charge is 0.272 e. The van der Waals surface area contributed by atoms with Crippen molar-refractivity contribution < 1.29 is 19.4 Å². The van der Waals surface area contributed by atoms with Crippen LogP contribution in [-0.4, -0.2) is 76.1 Å². The van der Waals surface area contributed by atoms with Crippen molar-refractivity contribution in [1.29, 1.82) is 0 Å². The molecule has 0 radical (unpaired) electrons. The molecule has 1 aromatic heterocycles. The van der Waals surface area contributed by atoms with E-state index in [1.807, 2.05) is 17.0 Å². The lowest BCUT2D eigenvalue weighted by Gasteiger charge is -2.41. The molecule has 170 valence electrons. The lowest BCUT2D eigenvalue weighted by atomic mass is 9.75. The van der Waals surface area contributed by atoms with Gasteiger partial charge in [0.1, 0.15) is 24.4 Å². The molecule has 1 fully saturated rings. The summed E-state index contributed by atoms with van der Waals surface area (Å²) in [6.45, 7) is 2.64. The molecule has 5 rings (SSSR count). The Kier molecular flexibility index (Phi) is 6.99. The summed E-state index contributed by atoms with van der Waals surface area (Å²) in [5.74, 6) is 0.324. The fourth-order valence-electron chi connectivity index (χ4n) is 4.57. The number of rotatable bonds is 2. The molecule has 3 aliphatic heterocycles. The number of aliphatic hydroxyl groups excluding tert-OH is 1. The second-order valence-corrected chi connectivity index (χ2v) is 8.64. The van der Waals surface area contributed by atoms with Crippen molar-refractivity contribution in [1.82, 2.24) is 19.8 Å². The first-order valence-corrected chi connectivity index (χ1v) is 11.3. The summed E-state index contributed by atoms with van der Waals surface area (Å²) < 4.78 is 5.98. The molecule has 32 heavy (non-hydrogen) atoms. The molecule has 8 nitrogen and oxygen atoms in total. The number of carbonyl (C=O) groups excluding carboxylic acids is 2. The Morgan fingerprint density at radius 3 is 2.62 bits per heavy atom. The van der Waals surface area contributed by atoms with Gasteiger partial charge in [-0.05, 0) is 49.3 Å². The van der Waals surface area contributed by atoms with Crippen molar-refractivity contribution in [3.8, 4) is 5.75 Å². The van der Waals surface area contributed by atoms with Crippen LogP contribution < -0.4 is 4.74 Å². The molecule has 3 aliphatic rings. The summed E-state index contributed by atoms with van der Waals surface area (Å²) in [7, 11) is 0. The average Bonchev–Trinajstić information content (AvgIpc) is 2.86. The third-order valence-electron chi connectivity index (χ3n) is 6.66. The Labute approximate surface area is 188 Å². The molecule has 1 aromatic carbocycles. The van der Waals surface area contributed by atoms with Crippen LogP contribution in [0.25, 0.3) is 0 Å². The van der Waals surface area contributed by atoms with Gasteiger partial charge in [-0.2, -0.15) is 0 Å². The molecule has 2 amide bonds. The van der Waals surface area contributed by atoms with Crippen molar-refractivity contribution in [2.24, 2.45) is 5.41 Å². The molecular formula is C24H30N4O4. The van der Waals surface area contributed by atoms with Crippen LogP contribution in [0.5, 0.6) is 5.75 Å². The highest BCUT2D eigenvalue weighted by molar-refractivity contribution is 5.97. The number of amides is 2. The van der Waals surface area contributed by atoms with Crippen molar-refractivity contribution >= 4 is 11.8 Å². The van der Waals surface area contributed by atoms with Gasteiger partial charge in [0.2, 0.25) is 0 Å². The molecular weight excluding hydrogens is 408 g/mol. The van der Waals surface area contributed by atoms with E-state index in [-0.39, 0.29) is 30.4 Å².